The SMILES string of the molecule is C[C@H](Oc1ccc(Cl)cc1)C(=O)NCc1cccs1. The maximum Gasteiger partial charge on any atom is 0.261 e. The van der Waals surface area contributed by atoms with E-state index in [0.717, 1.165) is 4.88 Å². The summed E-state index contributed by atoms with van der Waals surface area (Å²) in [5.41, 5.74) is 0. The highest BCUT2D eigenvalue weighted by atomic mass is 35.5. The summed E-state index contributed by atoms with van der Waals surface area (Å²) in [5, 5.41) is 5.46. The molecule has 1 aromatic heterocycles. The predicted molar refractivity (Wildman–Crippen MR) is 77.7 cm³/mol. The Bertz CT molecular complexity index is 525. The van der Waals surface area contributed by atoms with Gasteiger partial charge < -0.3 is 10.1 Å². The predicted octanol–water partition coefficient (Wildman–Crippen LogP) is 3.49. The van der Waals surface area contributed by atoms with E-state index in [1.54, 1.807) is 42.5 Å². The van der Waals surface area contributed by atoms with Gasteiger partial charge in [-0.25, -0.2) is 0 Å². The van der Waals surface area contributed by atoms with E-state index in [9.17, 15) is 4.79 Å². The molecular formula is C14H14ClNO2S. The van der Waals surface area contributed by atoms with Crippen LogP contribution in [0.15, 0.2) is 41.8 Å². The summed E-state index contributed by atoms with van der Waals surface area (Å²) in [6.45, 7) is 2.25. The first-order valence-corrected chi connectivity index (χ1v) is 7.13. The fourth-order valence-electron chi connectivity index (χ4n) is 1.50. The lowest BCUT2D eigenvalue weighted by atomic mass is 10.3. The van der Waals surface area contributed by atoms with Crippen LogP contribution in [0, 0.1) is 0 Å². The summed E-state index contributed by atoms with van der Waals surface area (Å²) in [5.74, 6) is 0.492. The number of hydrogen-bond donors (Lipinski definition) is 1. The van der Waals surface area contributed by atoms with E-state index in [2.05, 4.69) is 5.32 Å². The normalized spacial score (nSPS) is 11.9. The van der Waals surface area contributed by atoms with E-state index in [1.165, 1.54) is 0 Å². The number of rotatable bonds is 5. The Balaban J connectivity index is 1.83. The van der Waals surface area contributed by atoms with Crippen molar-refractivity contribution in [1.82, 2.24) is 5.32 Å². The molecule has 2 aromatic rings. The summed E-state index contributed by atoms with van der Waals surface area (Å²) in [6, 6.07) is 10.9. The second kappa shape index (κ2) is 6.59. The van der Waals surface area contributed by atoms with Gasteiger partial charge in [0.1, 0.15) is 5.75 Å². The molecule has 0 fully saturated rings. The molecule has 1 atom stereocenters. The molecule has 0 saturated carbocycles. The average Bonchev–Trinajstić information content (AvgIpc) is 2.91. The van der Waals surface area contributed by atoms with Gasteiger partial charge in [-0.3, -0.25) is 4.79 Å². The zero-order valence-corrected chi connectivity index (χ0v) is 12.0. The molecular weight excluding hydrogens is 282 g/mol. The van der Waals surface area contributed by atoms with Gasteiger partial charge in [-0.1, -0.05) is 17.7 Å². The highest BCUT2D eigenvalue weighted by Gasteiger charge is 2.14. The van der Waals surface area contributed by atoms with Gasteiger partial charge >= 0.3 is 0 Å². The van der Waals surface area contributed by atoms with Crippen LogP contribution in [-0.2, 0) is 11.3 Å². The van der Waals surface area contributed by atoms with Crippen LogP contribution >= 0.6 is 22.9 Å². The van der Waals surface area contributed by atoms with Gasteiger partial charge in [0.05, 0.1) is 6.54 Å². The lowest BCUT2D eigenvalue weighted by Gasteiger charge is -2.14. The van der Waals surface area contributed by atoms with Crippen LogP contribution in [0.3, 0.4) is 0 Å². The fourth-order valence-corrected chi connectivity index (χ4v) is 2.27. The Hall–Kier alpha value is -1.52. The molecule has 0 aliphatic rings. The maximum atomic E-state index is 11.9. The highest BCUT2D eigenvalue weighted by molar-refractivity contribution is 7.09. The molecule has 100 valence electrons. The molecule has 19 heavy (non-hydrogen) atoms. The number of carbonyl (C=O) groups excluding carboxylic acids is 1. The number of ether oxygens (including phenoxy) is 1. The highest BCUT2D eigenvalue weighted by Crippen LogP contribution is 2.16. The fraction of sp³-hybridized carbons (Fsp3) is 0.214. The van der Waals surface area contributed by atoms with E-state index in [4.69, 9.17) is 16.3 Å². The zero-order chi connectivity index (χ0) is 13.7. The molecule has 3 nitrogen and oxygen atoms in total. The molecule has 2 rings (SSSR count). The quantitative estimate of drug-likeness (QED) is 0.917. The summed E-state index contributed by atoms with van der Waals surface area (Å²) < 4.78 is 5.53. The number of benzene rings is 1. The lowest BCUT2D eigenvalue weighted by Crippen LogP contribution is -2.35. The van der Waals surface area contributed by atoms with Gasteiger partial charge in [0.25, 0.3) is 5.91 Å². The Kier molecular flexibility index (Phi) is 4.82. The first kappa shape index (κ1) is 13.9. The van der Waals surface area contributed by atoms with Gasteiger partial charge in [0.15, 0.2) is 6.10 Å². The lowest BCUT2D eigenvalue weighted by molar-refractivity contribution is -0.127. The van der Waals surface area contributed by atoms with E-state index in [1.807, 2.05) is 17.5 Å². The minimum absolute atomic E-state index is 0.136. The van der Waals surface area contributed by atoms with Crippen molar-refractivity contribution in [2.75, 3.05) is 0 Å². The van der Waals surface area contributed by atoms with Gasteiger partial charge in [0, 0.05) is 9.90 Å². The van der Waals surface area contributed by atoms with Crippen LogP contribution in [0.1, 0.15) is 11.8 Å². The van der Waals surface area contributed by atoms with Crippen molar-refractivity contribution in [3.63, 3.8) is 0 Å². The average molecular weight is 296 g/mol. The summed E-state index contributed by atoms with van der Waals surface area (Å²) in [7, 11) is 0. The van der Waals surface area contributed by atoms with Crippen molar-refractivity contribution in [2.24, 2.45) is 0 Å². The zero-order valence-electron chi connectivity index (χ0n) is 10.4. The van der Waals surface area contributed by atoms with Crippen LogP contribution in [0.5, 0.6) is 5.75 Å². The minimum Gasteiger partial charge on any atom is -0.481 e. The van der Waals surface area contributed by atoms with Crippen molar-refractivity contribution >= 4 is 28.8 Å². The summed E-state index contributed by atoms with van der Waals surface area (Å²) >= 11 is 7.40. The second-order valence-electron chi connectivity index (χ2n) is 4.01. The number of nitrogens with one attached hydrogen (secondary N) is 1. The molecule has 0 bridgehead atoms. The first-order valence-electron chi connectivity index (χ1n) is 5.87. The largest absolute Gasteiger partial charge is 0.481 e. The Labute approximate surface area is 121 Å². The van der Waals surface area contributed by atoms with Crippen LogP contribution in [0.25, 0.3) is 0 Å². The van der Waals surface area contributed by atoms with Gasteiger partial charge in [-0.2, -0.15) is 0 Å². The third-order valence-electron chi connectivity index (χ3n) is 2.51. The molecule has 0 radical (unpaired) electrons. The van der Waals surface area contributed by atoms with Crippen LogP contribution in [0.4, 0.5) is 0 Å². The standard InChI is InChI=1S/C14H14ClNO2S/c1-10(18-12-6-4-11(15)5-7-12)14(17)16-9-13-3-2-8-19-13/h2-8,10H,9H2,1H3,(H,16,17)/t10-/m0/s1. The van der Waals surface area contributed by atoms with Crippen molar-refractivity contribution < 1.29 is 9.53 Å². The molecule has 1 amide bonds. The Morgan fingerprint density at radius 3 is 2.74 bits per heavy atom. The molecule has 0 saturated heterocycles. The number of halogens is 1. The van der Waals surface area contributed by atoms with Crippen molar-refractivity contribution in [3.05, 3.63) is 51.7 Å². The van der Waals surface area contributed by atoms with Crippen molar-refractivity contribution in [3.8, 4) is 5.75 Å². The summed E-state index contributed by atoms with van der Waals surface area (Å²) in [4.78, 5) is 13.0. The minimum atomic E-state index is -0.541. The number of hydrogen-bond acceptors (Lipinski definition) is 3. The first-order chi connectivity index (χ1) is 9.15. The smallest absolute Gasteiger partial charge is 0.261 e. The van der Waals surface area contributed by atoms with Crippen LogP contribution in [0.2, 0.25) is 5.02 Å². The van der Waals surface area contributed by atoms with Crippen molar-refractivity contribution in [2.45, 2.75) is 19.6 Å². The Morgan fingerprint density at radius 1 is 1.37 bits per heavy atom. The second-order valence-corrected chi connectivity index (χ2v) is 5.48. The summed E-state index contributed by atoms with van der Waals surface area (Å²) in [6.07, 6.45) is -0.541. The van der Waals surface area contributed by atoms with E-state index >= 15 is 0 Å². The molecule has 1 aromatic carbocycles. The third kappa shape index (κ3) is 4.26. The van der Waals surface area contributed by atoms with Gasteiger partial charge in [-0.15, -0.1) is 11.3 Å². The van der Waals surface area contributed by atoms with Crippen molar-refractivity contribution in [1.29, 1.82) is 0 Å². The monoisotopic (exact) mass is 295 g/mol. The van der Waals surface area contributed by atoms with E-state index in [-0.39, 0.29) is 5.91 Å². The third-order valence-corrected chi connectivity index (χ3v) is 3.64. The molecule has 1 heterocycles. The number of thiophene rings is 1. The Morgan fingerprint density at radius 2 is 2.11 bits per heavy atom. The molecule has 0 aliphatic heterocycles. The number of carbonyl (C=O) groups is 1. The van der Waals surface area contributed by atoms with E-state index in [0.29, 0.717) is 17.3 Å². The number of amides is 1. The van der Waals surface area contributed by atoms with E-state index < -0.39 is 6.10 Å². The maximum absolute atomic E-state index is 11.9. The molecule has 0 unspecified atom stereocenters. The topological polar surface area (TPSA) is 38.3 Å². The van der Waals surface area contributed by atoms with Crippen LogP contribution < -0.4 is 10.1 Å². The van der Waals surface area contributed by atoms with Gasteiger partial charge in [-0.05, 0) is 42.6 Å². The van der Waals surface area contributed by atoms with Gasteiger partial charge in [0.2, 0.25) is 0 Å². The van der Waals surface area contributed by atoms with Crippen LogP contribution in [-0.4, -0.2) is 12.0 Å². The molecule has 5 heteroatoms. The molecule has 0 spiro atoms. The molecule has 1 N–H and O–H groups in total. The molecule has 0 aliphatic carbocycles.